The molecule has 8 heteroatoms. The van der Waals surface area contributed by atoms with Gasteiger partial charge in [0, 0.05) is 19.6 Å². The molecule has 2 rings (SSSR count). The zero-order chi connectivity index (χ0) is 15.5. The maximum Gasteiger partial charge on any atom is 0.301 e. The molecule has 2 N–H and O–H groups in total. The molecule has 1 aliphatic rings. The molecule has 0 heterocycles. The van der Waals surface area contributed by atoms with Crippen LogP contribution in [0.2, 0.25) is 0 Å². The van der Waals surface area contributed by atoms with Gasteiger partial charge in [-0.1, -0.05) is 0 Å². The second-order valence-electron chi connectivity index (χ2n) is 5.14. The van der Waals surface area contributed by atoms with Crippen molar-refractivity contribution in [1.29, 1.82) is 0 Å². The number of nitrogens with zero attached hydrogens (tertiary/aromatic N) is 1. The first-order valence-electron chi connectivity index (χ1n) is 6.81. The van der Waals surface area contributed by atoms with Crippen molar-refractivity contribution in [1.82, 2.24) is 9.62 Å². The Morgan fingerprint density at radius 1 is 1.43 bits per heavy atom. The van der Waals surface area contributed by atoms with Crippen LogP contribution in [-0.2, 0) is 10.2 Å². The van der Waals surface area contributed by atoms with Crippen LogP contribution in [0.5, 0.6) is 0 Å². The molecule has 0 amide bonds. The molecule has 0 atom stereocenters. The Morgan fingerprint density at radius 3 is 2.76 bits per heavy atom. The van der Waals surface area contributed by atoms with E-state index >= 15 is 0 Å². The summed E-state index contributed by atoms with van der Waals surface area (Å²) in [6.45, 7) is 1.21. The van der Waals surface area contributed by atoms with E-state index in [0.29, 0.717) is 17.1 Å². The molecule has 118 valence electrons. The highest BCUT2D eigenvalue weighted by molar-refractivity contribution is 9.10. The van der Waals surface area contributed by atoms with Gasteiger partial charge in [0.15, 0.2) is 0 Å². The van der Waals surface area contributed by atoms with Crippen molar-refractivity contribution in [3.8, 4) is 0 Å². The lowest BCUT2D eigenvalue weighted by Gasteiger charge is -2.18. The number of benzene rings is 1. The third kappa shape index (κ3) is 5.21. The zero-order valence-electron chi connectivity index (χ0n) is 11.8. The Bertz CT molecular complexity index is 593. The van der Waals surface area contributed by atoms with Crippen LogP contribution in [0.4, 0.5) is 10.1 Å². The predicted molar refractivity (Wildman–Crippen MR) is 84.9 cm³/mol. The van der Waals surface area contributed by atoms with Gasteiger partial charge in [0.2, 0.25) is 0 Å². The van der Waals surface area contributed by atoms with E-state index in [9.17, 15) is 12.8 Å². The van der Waals surface area contributed by atoms with Gasteiger partial charge in [0.1, 0.15) is 5.82 Å². The number of halogens is 2. The molecule has 0 aliphatic heterocycles. The number of nitrogens with one attached hydrogen (secondary N) is 2. The Kier molecular flexibility index (Phi) is 5.59. The van der Waals surface area contributed by atoms with Crippen molar-refractivity contribution in [2.75, 3.05) is 24.9 Å². The highest BCUT2D eigenvalue weighted by atomic mass is 79.9. The van der Waals surface area contributed by atoms with Crippen LogP contribution < -0.4 is 10.0 Å². The fourth-order valence-electron chi connectivity index (χ4n) is 1.80. The van der Waals surface area contributed by atoms with E-state index in [4.69, 9.17) is 0 Å². The first-order valence-corrected chi connectivity index (χ1v) is 9.04. The van der Waals surface area contributed by atoms with Crippen molar-refractivity contribution in [3.05, 3.63) is 28.5 Å². The van der Waals surface area contributed by atoms with E-state index in [1.165, 1.54) is 36.3 Å². The molecule has 0 spiro atoms. The lowest BCUT2D eigenvalue weighted by Crippen LogP contribution is -2.34. The molecule has 1 aromatic rings. The lowest BCUT2D eigenvalue weighted by molar-refractivity contribution is 0.458. The van der Waals surface area contributed by atoms with Gasteiger partial charge in [-0.15, -0.1) is 0 Å². The number of hydrogen-bond donors (Lipinski definition) is 2. The summed E-state index contributed by atoms with van der Waals surface area (Å²) in [5.74, 6) is -0.508. The molecule has 0 aromatic heterocycles. The molecule has 0 unspecified atom stereocenters. The summed E-state index contributed by atoms with van der Waals surface area (Å²) in [4.78, 5) is 0. The smallest absolute Gasteiger partial charge is 0.301 e. The summed E-state index contributed by atoms with van der Waals surface area (Å²) in [5, 5.41) is 3.33. The molecule has 1 aliphatic carbocycles. The molecular weight excluding hydrogens is 361 g/mol. The molecule has 1 fully saturated rings. The zero-order valence-corrected chi connectivity index (χ0v) is 14.2. The van der Waals surface area contributed by atoms with Crippen LogP contribution in [0, 0.1) is 5.82 Å². The van der Waals surface area contributed by atoms with E-state index in [1.807, 2.05) is 0 Å². The van der Waals surface area contributed by atoms with Gasteiger partial charge in [-0.3, -0.25) is 4.72 Å². The van der Waals surface area contributed by atoms with Crippen molar-refractivity contribution >= 4 is 31.8 Å². The Labute approximate surface area is 133 Å². The fourth-order valence-corrected chi connectivity index (χ4v) is 3.00. The minimum Gasteiger partial charge on any atom is -0.314 e. The average molecular weight is 380 g/mol. The minimum atomic E-state index is -3.65. The quantitative estimate of drug-likeness (QED) is 0.681. The summed E-state index contributed by atoms with van der Waals surface area (Å²) in [7, 11) is -2.15. The maximum atomic E-state index is 13.4. The van der Waals surface area contributed by atoms with E-state index in [2.05, 4.69) is 26.0 Å². The van der Waals surface area contributed by atoms with Crippen molar-refractivity contribution in [3.63, 3.8) is 0 Å². The number of anilines is 1. The van der Waals surface area contributed by atoms with Gasteiger partial charge in [0.25, 0.3) is 0 Å². The first kappa shape index (κ1) is 16.7. The highest BCUT2D eigenvalue weighted by Gasteiger charge is 2.21. The largest absolute Gasteiger partial charge is 0.314 e. The monoisotopic (exact) mass is 379 g/mol. The van der Waals surface area contributed by atoms with Crippen LogP contribution in [0.1, 0.15) is 19.3 Å². The number of rotatable bonds is 8. The van der Waals surface area contributed by atoms with Gasteiger partial charge in [0.05, 0.1) is 10.2 Å². The summed E-state index contributed by atoms with van der Waals surface area (Å²) >= 11 is 3.03. The molecule has 5 nitrogen and oxygen atoms in total. The third-order valence-electron chi connectivity index (χ3n) is 3.24. The van der Waals surface area contributed by atoms with Crippen molar-refractivity contribution in [2.24, 2.45) is 0 Å². The fraction of sp³-hybridized carbons (Fsp3) is 0.538. The summed E-state index contributed by atoms with van der Waals surface area (Å²) in [5.41, 5.74) is 0.207. The molecule has 1 aromatic carbocycles. The first-order chi connectivity index (χ1) is 9.88. The van der Waals surface area contributed by atoms with Crippen molar-refractivity contribution in [2.45, 2.75) is 25.3 Å². The summed E-state index contributed by atoms with van der Waals surface area (Å²) in [6, 6.07) is 4.74. The molecule has 0 saturated heterocycles. The normalized spacial score (nSPS) is 15.4. The standard InChI is InChI=1S/C13H19BrFN3O2S/c1-18(8-2-7-16-10-3-4-10)21(19,20)17-11-5-6-12(14)13(15)9-11/h5-6,9-10,16-17H,2-4,7-8H2,1H3. The second kappa shape index (κ2) is 7.04. The van der Waals surface area contributed by atoms with E-state index in [0.717, 1.165) is 19.0 Å². The average Bonchev–Trinajstić information content (AvgIpc) is 3.22. The van der Waals surface area contributed by atoms with Gasteiger partial charge >= 0.3 is 10.2 Å². The summed E-state index contributed by atoms with van der Waals surface area (Å²) < 4.78 is 41.5. The van der Waals surface area contributed by atoms with E-state index in [-0.39, 0.29) is 5.69 Å². The van der Waals surface area contributed by atoms with Gasteiger partial charge in [-0.2, -0.15) is 12.7 Å². The Morgan fingerprint density at radius 2 is 2.14 bits per heavy atom. The lowest BCUT2D eigenvalue weighted by atomic mass is 10.3. The van der Waals surface area contributed by atoms with Crippen LogP contribution in [0.25, 0.3) is 0 Å². The van der Waals surface area contributed by atoms with Gasteiger partial charge < -0.3 is 5.32 Å². The maximum absolute atomic E-state index is 13.4. The molecule has 0 bridgehead atoms. The van der Waals surface area contributed by atoms with Crippen LogP contribution in [-0.4, -0.2) is 38.9 Å². The second-order valence-corrected chi connectivity index (χ2v) is 7.77. The van der Waals surface area contributed by atoms with Crippen LogP contribution >= 0.6 is 15.9 Å². The minimum absolute atomic E-state index is 0.207. The SMILES string of the molecule is CN(CCCNC1CC1)S(=O)(=O)Nc1ccc(Br)c(F)c1. The Balaban J connectivity index is 1.85. The van der Waals surface area contributed by atoms with Gasteiger partial charge in [-0.05, 0) is 59.9 Å². The van der Waals surface area contributed by atoms with Gasteiger partial charge in [-0.25, -0.2) is 4.39 Å². The Hall–Kier alpha value is -0.700. The van der Waals surface area contributed by atoms with Crippen LogP contribution in [0.3, 0.4) is 0 Å². The molecular formula is C13H19BrFN3O2S. The van der Waals surface area contributed by atoms with Crippen LogP contribution in [0.15, 0.2) is 22.7 Å². The highest BCUT2D eigenvalue weighted by Crippen LogP contribution is 2.20. The molecule has 0 radical (unpaired) electrons. The third-order valence-corrected chi connectivity index (χ3v) is 5.38. The van der Waals surface area contributed by atoms with E-state index < -0.39 is 16.0 Å². The summed E-state index contributed by atoms with van der Waals surface area (Å²) in [6.07, 6.45) is 3.16. The van der Waals surface area contributed by atoms with E-state index in [1.54, 1.807) is 0 Å². The van der Waals surface area contributed by atoms with Crippen molar-refractivity contribution < 1.29 is 12.8 Å². The number of hydrogen-bond acceptors (Lipinski definition) is 3. The topological polar surface area (TPSA) is 61.4 Å². The molecule has 1 saturated carbocycles. The predicted octanol–water partition coefficient (Wildman–Crippen LogP) is 2.32. The molecule has 21 heavy (non-hydrogen) atoms.